The molecule has 0 amide bonds. The van der Waals surface area contributed by atoms with Crippen LogP contribution < -0.4 is 0 Å². The van der Waals surface area contributed by atoms with Crippen LogP contribution in [0, 0.1) is 5.82 Å². The molecule has 0 radical (unpaired) electrons. The summed E-state index contributed by atoms with van der Waals surface area (Å²) in [4.78, 5) is 12.7. The van der Waals surface area contributed by atoms with Crippen molar-refractivity contribution in [2.45, 2.75) is 57.5 Å². The second-order valence-electron chi connectivity index (χ2n) is 5.57. The van der Waals surface area contributed by atoms with Gasteiger partial charge < -0.3 is 4.74 Å². The predicted molar refractivity (Wildman–Crippen MR) is 77.2 cm³/mol. The van der Waals surface area contributed by atoms with Gasteiger partial charge in [0.2, 0.25) is 0 Å². The number of halogens is 1. The Balaban J connectivity index is 2.11. The first-order valence-electron chi connectivity index (χ1n) is 7.58. The fourth-order valence-corrected chi connectivity index (χ4v) is 3.03. The maximum Gasteiger partial charge on any atom is 0.168 e. The van der Waals surface area contributed by atoms with Gasteiger partial charge in [-0.25, -0.2) is 4.39 Å². The van der Waals surface area contributed by atoms with E-state index in [0.29, 0.717) is 13.0 Å². The third-order valence-corrected chi connectivity index (χ3v) is 4.12. The van der Waals surface area contributed by atoms with Crippen LogP contribution in [0.1, 0.15) is 51.0 Å². The molecule has 1 fully saturated rings. The Morgan fingerprint density at radius 2 is 1.75 bits per heavy atom. The molecule has 1 aromatic rings. The van der Waals surface area contributed by atoms with E-state index in [1.54, 1.807) is 12.1 Å². The molecule has 1 aromatic carbocycles. The summed E-state index contributed by atoms with van der Waals surface area (Å²) >= 11 is 0. The van der Waals surface area contributed by atoms with Crippen molar-refractivity contribution in [2.24, 2.45) is 0 Å². The molecule has 0 unspecified atom stereocenters. The number of hydrogen-bond donors (Lipinski definition) is 0. The van der Waals surface area contributed by atoms with Crippen molar-refractivity contribution in [1.29, 1.82) is 0 Å². The Labute approximate surface area is 120 Å². The third kappa shape index (κ3) is 3.66. The average molecular weight is 278 g/mol. The van der Waals surface area contributed by atoms with Gasteiger partial charge in [0.05, 0.1) is 0 Å². The Hall–Kier alpha value is -1.22. The van der Waals surface area contributed by atoms with Crippen molar-refractivity contribution in [3.05, 3.63) is 35.6 Å². The van der Waals surface area contributed by atoms with Crippen LogP contribution in [0.3, 0.4) is 0 Å². The van der Waals surface area contributed by atoms with Crippen molar-refractivity contribution in [1.82, 2.24) is 0 Å². The van der Waals surface area contributed by atoms with Gasteiger partial charge in [-0.15, -0.1) is 0 Å². The minimum Gasteiger partial charge on any atom is -0.367 e. The summed E-state index contributed by atoms with van der Waals surface area (Å²) in [5.41, 5.74) is 0.249. The van der Waals surface area contributed by atoms with Crippen LogP contribution in [0.15, 0.2) is 24.3 Å². The summed E-state index contributed by atoms with van der Waals surface area (Å²) in [6, 6.07) is 6.18. The number of ether oxygens (including phenoxy) is 1. The summed E-state index contributed by atoms with van der Waals surface area (Å²) in [5.74, 6) is -0.122. The maximum absolute atomic E-state index is 12.9. The lowest BCUT2D eigenvalue weighted by molar-refractivity contribution is -0.145. The molecular weight excluding hydrogens is 255 g/mol. The lowest BCUT2D eigenvalue weighted by Gasteiger charge is -2.31. The molecule has 1 aliphatic rings. The predicted octanol–water partition coefficient (Wildman–Crippen LogP) is 4.07. The van der Waals surface area contributed by atoms with E-state index in [-0.39, 0.29) is 11.6 Å². The molecule has 0 aromatic heterocycles. The summed E-state index contributed by atoms with van der Waals surface area (Å²) < 4.78 is 18.8. The monoisotopic (exact) mass is 278 g/mol. The smallest absolute Gasteiger partial charge is 0.168 e. The van der Waals surface area contributed by atoms with Gasteiger partial charge in [-0.1, -0.05) is 37.8 Å². The first kappa shape index (κ1) is 15.2. The van der Waals surface area contributed by atoms with Crippen molar-refractivity contribution in [3.8, 4) is 0 Å². The Morgan fingerprint density at radius 1 is 1.15 bits per heavy atom. The van der Waals surface area contributed by atoms with Crippen molar-refractivity contribution in [2.75, 3.05) is 6.61 Å². The highest BCUT2D eigenvalue weighted by atomic mass is 19.1. The van der Waals surface area contributed by atoms with Gasteiger partial charge in [0.15, 0.2) is 5.78 Å². The van der Waals surface area contributed by atoms with Gasteiger partial charge in [-0.3, -0.25) is 4.79 Å². The summed E-state index contributed by atoms with van der Waals surface area (Å²) in [6.45, 7) is 2.51. The molecule has 1 saturated carbocycles. The van der Waals surface area contributed by atoms with Crippen LogP contribution in [-0.4, -0.2) is 18.0 Å². The average Bonchev–Trinajstić information content (AvgIpc) is 2.68. The number of benzene rings is 1. The molecule has 0 spiro atoms. The quantitative estimate of drug-likeness (QED) is 0.759. The van der Waals surface area contributed by atoms with E-state index in [9.17, 15) is 9.18 Å². The summed E-state index contributed by atoms with van der Waals surface area (Å²) in [5, 5.41) is 0. The molecule has 110 valence electrons. The first-order chi connectivity index (χ1) is 9.66. The number of ketones is 1. The lowest BCUT2D eigenvalue weighted by atomic mass is 9.86. The number of Topliss-reactive ketones (excluding diaryl/α,β-unsaturated/α-hetero) is 1. The molecule has 2 rings (SSSR count). The van der Waals surface area contributed by atoms with Crippen LogP contribution in [-0.2, 0) is 16.0 Å². The Kier molecular flexibility index (Phi) is 5.30. The molecule has 0 atom stereocenters. The van der Waals surface area contributed by atoms with Gasteiger partial charge in [0.1, 0.15) is 11.4 Å². The van der Waals surface area contributed by atoms with E-state index < -0.39 is 5.60 Å². The van der Waals surface area contributed by atoms with Crippen LogP contribution in [0.5, 0.6) is 0 Å². The minimum absolute atomic E-state index is 0.146. The summed E-state index contributed by atoms with van der Waals surface area (Å²) in [6.07, 6.45) is 6.43. The lowest BCUT2D eigenvalue weighted by Crippen LogP contribution is -2.42. The van der Waals surface area contributed by atoms with Crippen molar-refractivity contribution in [3.63, 3.8) is 0 Å². The van der Waals surface area contributed by atoms with Crippen LogP contribution in [0.25, 0.3) is 0 Å². The highest BCUT2D eigenvalue weighted by Gasteiger charge is 2.38. The van der Waals surface area contributed by atoms with E-state index in [0.717, 1.165) is 31.2 Å². The molecule has 0 aliphatic heterocycles. The Bertz CT molecular complexity index is 431. The van der Waals surface area contributed by atoms with Crippen LogP contribution in [0.4, 0.5) is 4.39 Å². The van der Waals surface area contributed by atoms with E-state index in [4.69, 9.17) is 4.74 Å². The van der Waals surface area contributed by atoms with Gasteiger partial charge in [0, 0.05) is 13.0 Å². The fourth-order valence-electron chi connectivity index (χ4n) is 3.03. The molecule has 20 heavy (non-hydrogen) atoms. The van der Waals surface area contributed by atoms with Crippen molar-refractivity contribution < 1.29 is 13.9 Å². The number of carbonyl (C=O) groups is 1. The number of hydrogen-bond acceptors (Lipinski definition) is 2. The van der Waals surface area contributed by atoms with Crippen molar-refractivity contribution >= 4 is 5.78 Å². The molecule has 0 heterocycles. The molecule has 1 aliphatic carbocycles. The zero-order valence-corrected chi connectivity index (χ0v) is 12.2. The van der Waals surface area contributed by atoms with Gasteiger partial charge in [-0.05, 0) is 37.5 Å². The van der Waals surface area contributed by atoms with Gasteiger partial charge >= 0.3 is 0 Å². The third-order valence-electron chi connectivity index (χ3n) is 4.12. The molecular formula is C17H23FO2. The van der Waals surface area contributed by atoms with E-state index in [2.05, 4.69) is 0 Å². The van der Waals surface area contributed by atoms with E-state index in [1.165, 1.54) is 25.0 Å². The number of rotatable bonds is 5. The van der Waals surface area contributed by atoms with Gasteiger partial charge in [-0.2, -0.15) is 0 Å². The fraction of sp³-hybridized carbons (Fsp3) is 0.588. The molecule has 3 heteroatoms. The van der Waals surface area contributed by atoms with Crippen LogP contribution in [0.2, 0.25) is 0 Å². The number of carbonyl (C=O) groups excluding carboxylic acids is 1. The Morgan fingerprint density at radius 3 is 2.30 bits per heavy atom. The van der Waals surface area contributed by atoms with Crippen LogP contribution >= 0.6 is 0 Å². The first-order valence-corrected chi connectivity index (χ1v) is 7.58. The zero-order valence-electron chi connectivity index (χ0n) is 12.2. The molecule has 2 nitrogen and oxygen atoms in total. The second kappa shape index (κ2) is 6.98. The summed E-state index contributed by atoms with van der Waals surface area (Å²) in [7, 11) is 0. The normalized spacial score (nSPS) is 18.5. The van der Waals surface area contributed by atoms with Gasteiger partial charge in [0.25, 0.3) is 0 Å². The molecule has 0 bridgehead atoms. The van der Waals surface area contributed by atoms with E-state index >= 15 is 0 Å². The largest absolute Gasteiger partial charge is 0.367 e. The molecule has 0 N–H and O–H groups in total. The topological polar surface area (TPSA) is 26.3 Å². The molecule has 0 saturated heterocycles. The van der Waals surface area contributed by atoms with E-state index in [1.807, 2.05) is 6.92 Å². The highest BCUT2D eigenvalue weighted by molar-refractivity contribution is 5.89. The zero-order chi connectivity index (χ0) is 14.4. The highest BCUT2D eigenvalue weighted by Crippen LogP contribution is 2.32. The minimum atomic E-state index is -0.611. The standard InChI is InChI=1S/C17H23FO2/c1-2-20-17(11-5-3-4-6-12-17)16(19)13-14-7-9-15(18)10-8-14/h7-10H,2-6,11-13H2,1H3. The SMILES string of the molecule is CCOC1(C(=O)Cc2ccc(F)cc2)CCCCCC1. The second-order valence-corrected chi connectivity index (χ2v) is 5.57. The maximum atomic E-state index is 12.9.